The van der Waals surface area contributed by atoms with E-state index in [1.165, 1.54) is 12.1 Å². The van der Waals surface area contributed by atoms with Crippen molar-refractivity contribution in [1.82, 2.24) is 4.98 Å². The van der Waals surface area contributed by atoms with Gasteiger partial charge in [-0.3, -0.25) is 9.59 Å². The average molecular weight is 336 g/mol. The largest absolute Gasteiger partial charge is 0.480 e. The predicted octanol–water partition coefficient (Wildman–Crippen LogP) is 2.36. The van der Waals surface area contributed by atoms with Gasteiger partial charge in [-0.1, -0.05) is 0 Å². The van der Waals surface area contributed by atoms with Gasteiger partial charge in [0, 0.05) is 23.5 Å². The molecule has 2 aromatic rings. The monoisotopic (exact) mass is 336 g/mol. The molecule has 2 rings (SSSR count). The zero-order chi connectivity index (χ0) is 18.1. The third kappa shape index (κ3) is 4.11. The fraction of sp³-hybridized carbons (Fsp3) is 0.412. The Morgan fingerprint density at radius 1 is 1.33 bits per heavy atom. The minimum Gasteiger partial charge on any atom is -0.480 e. The van der Waals surface area contributed by atoms with Gasteiger partial charge >= 0.3 is 11.9 Å². The maximum absolute atomic E-state index is 13.2. The molecular formula is C17H21FN2O4. The molecular weight excluding hydrogens is 315 g/mol. The van der Waals surface area contributed by atoms with E-state index >= 15 is 0 Å². The van der Waals surface area contributed by atoms with E-state index in [-0.39, 0.29) is 6.42 Å². The quantitative estimate of drug-likeness (QED) is 0.727. The Kier molecular flexibility index (Phi) is 4.66. The average Bonchev–Trinajstić information content (AvgIpc) is 2.78. The van der Waals surface area contributed by atoms with Crippen molar-refractivity contribution in [3.63, 3.8) is 0 Å². The van der Waals surface area contributed by atoms with E-state index in [1.807, 2.05) is 0 Å². The summed E-state index contributed by atoms with van der Waals surface area (Å²) in [5.74, 6) is -2.38. The van der Waals surface area contributed by atoms with Crippen LogP contribution in [0, 0.1) is 5.82 Å². The van der Waals surface area contributed by atoms with Crippen LogP contribution in [0.3, 0.4) is 0 Å². The number of ether oxygens (including phenoxy) is 1. The number of esters is 1. The number of aromatic nitrogens is 1. The lowest BCUT2D eigenvalue weighted by molar-refractivity contribution is -0.160. The number of benzene rings is 1. The highest BCUT2D eigenvalue weighted by Crippen LogP contribution is 2.25. The summed E-state index contributed by atoms with van der Waals surface area (Å²) < 4.78 is 18.4. The summed E-state index contributed by atoms with van der Waals surface area (Å²) in [6, 6.07) is 4.14. The van der Waals surface area contributed by atoms with Crippen molar-refractivity contribution in [2.45, 2.75) is 44.8 Å². The number of nitrogens with two attached hydrogens (primary N) is 1. The minimum absolute atomic E-state index is 0.0901. The fourth-order valence-corrected chi connectivity index (χ4v) is 2.49. The van der Waals surface area contributed by atoms with Crippen molar-refractivity contribution in [3.8, 4) is 0 Å². The molecule has 0 radical (unpaired) electrons. The van der Waals surface area contributed by atoms with Gasteiger partial charge in [0.2, 0.25) is 0 Å². The van der Waals surface area contributed by atoms with Gasteiger partial charge in [0.25, 0.3) is 0 Å². The lowest BCUT2D eigenvalue weighted by atomic mass is 9.88. The van der Waals surface area contributed by atoms with Gasteiger partial charge in [0.05, 0.1) is 6.42 Å². The van der Waals surface area contributed by atoms with Gasteiger partial charge in [-0.15, -0.1) is 0 Å². The van der Waals surface area contributed by atoms with Crippen molar-refractivity contribution in [2.24, 2.45) is 5.73 Å². The molecule has 130 valence electrons. The molecule has 0 amide bonds. The molecule has 4 N–H and O–H groups in total. The van der Waals surface area contributed by atoms with Crippen LogP contribution in [0.2, 0.25) is 0 Å². The van der Waals surface area contributed by atoms with Crippen LogP contribution in [0.4, 0.5) is 4.39 Å². The smallest absolute Gasteiger partial charge is 0.324 e. The van der Waals surface area contributed by atoms with Crippen LogP contribution in [-0.2, 0) is 20.7 Å². The lowest BCUT2D eigenvalue weighted by Gasteiger charge is -2.26. The first-order valence-corrected chi connectivity index (χ1v) is 7.50. The number of aliphatic carboxylic acids is 1. The summed E-state index contributed by atoms with van der Waals surface area (Å²) in [6.45, 7) is 5.08. The van der Waals surface area contributed by atoms with Crippen LogP contribution < -0.4 is 5.73 Å². The molecule has 0 aliphatic rings. The van der Waals surface area contributed by atoms with Gasteiger partial charge in [0.1, 0.15) is 17.0 Å². The number of fused-ring (bicyclic) bond motifs is 1. The van der Waals surface area contributed by atoms with E-state index in [0.717, 1.165) is 0 Å². The maximum Gasteiger partial charge on any atom is 0.324 e. The van der Waals surface area contributed by atoms with Gasteiger partial charge in [-0.05, 0) is 44.5 Å². The Morgan fingerprint density at radius 3 is 2.58 bits per heavy atom. The van der Waals surface area contributed by atoms with E-state index in [0.29, 0.717) is 16.5 Å². The number of hydrogen-bond acceptors (Lipinski definition) is 4. The summed E-state index contributed by atoms with van der Waals surface area (Å²) >= 11 is 0. The molecule has 0 unspecified atom stereocenters. The van der Waals surface area contributed by atoms with Crippen molar-refractivity contribution >= 4 is 22.8 Å². The van der Waals surface area contributed by atoms with Crippen molar-refractivity contribution in [1.29, 1.82) is 0 Å². The van der Waals surface area contributed by atoms with Gasteiger partial charge in [-0.25, -0.2) is 4.39 Å². The number of halogens is 1. The number of carboxylic acid groups (broad SMARTS) is 1. The first kappa shape index (κ1) is 17.9. The van der Waals surface area contributed by atoms with Gasteiger partial charge < -0.3 is 20.6 Å². The highest BCUT2D eigenvalue weighted by Gasteiger charge is 2.39. The van der Waals surface area contributed by atoms with E-state index in [1.54, 1.807) is 33.0 Å². The second-order valence-corrected chi connectivity index (χ2v) is 6.91. The molecule has 0 bridgehead atoms. The van der Waals surface area contributed by atoms with Crippen LogP contribution in [0.1, 0.15) is 32.8 Å². The molecule has 24 heavy (non-hydrogen) atoms. The molecule has 6 nitrogen and oxygen atoms in total. The molecule has 1 atom stereocenters. The lowest BCUT2D eigenvalue weighted by Crippen LogP contribution is -2.52. The molecule has 0 fully saturated rings. The van der Waals surface area contributed by atoms with Gasteiger partial charge in [-0.2, -0.15) is 0 Å². The molecule has 0 spiro atoms. The number of rotatable bonds is 5. The number of carboxylic acids is 1. The summed E-state index contributed by atoms with van der Waals surface area (Å²) in [5.41, 5.74) is 4.58. The van der Waals surface area contributed by atoms with Crippen molar-refractivity contribution in [2.75, 3.05) is 0 Å². The Morgan fingerprint density at radius 2 is 2.00 bits per heavy atom. The number of H-pyrrole nitrogens is 1. The molecule has 0 aliphatic carbocycles. The Labute approximate surface area is 138 Å². The molecule has 1 heterocycles. The van der Waals surface area contributed by atoms with E-state index < -0.39 is 35.3 Å². The highest BCUT2D eigenvalue weighted by atomic mass is 19.1. The second-order valence-electron chi connectivity index (χ2n) is 6.91. The standard InChI is InChI=1S/C17H21FN2O4/c1-16(2,3)24-14(21)8-17(19,15(22)23)7-10-9-20-13-6-11(18)4-5-12(10)13/h4-6,9,20H,7-8,19H2,1-3H3,(H,22,23)/t17-/m1/s1. The third-order valence-corrected chi connectivity index (χ3v) is 3.54. The molecule has 0 saturated heterocycles. The summed E-state index contributed by atoms with van der Waals surface area (Å²) in [5, 5.41) is 10.2. The molecule has 0 aliphatic heterocycles. The minimum atomic E-state index is -1.81. The van der Waals surface area contributed by atoms with Crippen LogP contribution in [0.15, 0.2) is 24.4 Å². The van der Waals surface area contributed by atoms with Crippen LogP contribution in [0.25, 0.3) is 10.9 Å². The normalized spacial score (nSPS) is 14.4. The number of carbonyl (C=O) groups excluding carboxylic acids is 1. The third-order valence-electron chi connectivity index (χ3n) is 3.54. The SMILES string of the molecule is CC(C)(C)OC(=O)C[C@](N)(Cc1c[nH]c2cc(F)ccc12)C(=O)O. The first-order valence-electron chi connectivity index (χ1n) is 7.50. The van der Waals surface area contributed by atoms with Crippen LogP contribution in [0.5, 0.6) is 0 Å². The number of nitrogens with one attached hydrogen (secondary N) is 1. The Balaban J connectivity index is 2.26. The Hall–Kier alpha value is -2.41. The fourth-order valence-electron chi connectivity index (χ4n) is 2.49. The second kappa shape index (κ2) is 6.24. The summed E-state index contributed by atoms with van der Waals surface area (Å²) in [7, 11) is 0. The molecule has 7 heteroatoms. The number of carbonyl (C=O) groups is 2. The first-order chi connectivity index (χ1) is 11.0. The van der Waals surface area contributed by atoms with Crippen molar-refractivity contribution < 1.29 is 23.8 Å². The topological polar surface area (TPSA) is 105 Å². The number of aromatic amines is 1. The Bertz CT molecular complexity index is 778. The predicted molar refractivity (Wildman–Crippen MR) is 87.0 cm³/mol. The molecule has 1 aromatic carbocycles. The van der Waals surface area contributed by atoms with E-state index in [9.17, 15) is 19.1 Å². The molecule has 0 saturated carbocycles. The van der Waals surface area contributed by atoms with Gasteiger partial charge in [0.15, 0.2) is 0 Å². The zero-order valence-electron chi connectivity index (χ0n) is 13.9. The zero-order valence-corrected chi connectivity index (χ0v) is 13.9. The highest BCUT2D eigenvalue weighted by molar-refractivity contribution is 5.88. The van der Waals surface area contributed by atoms with Crippen LogP contribution in [-0.4, -0.2) is 33.2 Å². The maximum atomic E-state index is 13.2. The van der Waals surface area contributed by atoms with E-state index in [4.69, 9.17) is 10.5 Å². The number of hydrogen-bond donors (Lipinski definition) is 3. The summed E-state index contributed by atoms with van der Waals surface area (Å²) in [4.78, 5) is 26.5. The van der Waals surface area contributed by atoms with Crippen molar-refractivity contribution in [3.05, 3.63) is 35.8 Å². The van der Waals surface area contributed by atoms with Crippen LogP contribution >= 0.6 is 0 Å². The summed E-state index contributed by atoms with van der Waals surface area (Å²) in [6.07, 6.45) is 1.02. The molecule has 1 aromatic heterocycles. The van der Waals surface area contributed by atoms with E-state index in [2.05, 4.69) is 4.98 Å².